The van der Waals surface area contributed by atoms with Crippen molar-refractivity contribution in [3.63, 3.8) is 0 Å². The van der Waals surface area contributed by atoms with E-state index in [4.69, 9.17) is 5.11 Å². The average Bonchev–Trinajstić information content (AvgIpc) is 2.38. The quantitative estimate of drug-likeness (QED) is 0.678. The fourth-order valence-electron chi connectivity index (χ4n) is 2.48. The number of carboxylic acid groups (broad SMARTS) is 1. The Kier molecular flexibility index (Phi) is 6.28. The minimum absolute atomic E-state index is 0.0429. The van der Waals surface area contributed by atoms with Crippen LogP contribution in [0.1, 0.15) is 40.0 Å². The Bertz CT molecular complexity index is 314. The van der Waals surface area contributed by atoms with Gasteiger partial charge in [-0.3, -0.25) is 9.59 Å². The molecule has 0 aromatic carbocycles. The van der Waals surface area contributed by atoms with Crippen LogP contribution in [0.15, 0.2) is 0 Å². The summed E-state index contributed by atoms with van der Waals surface area (Å²) in [5, 5.41) is 15.0. The van der Waals surface area contributed by atoms with Crippen LogP contribution < -0.4 is 10.6 Å². The Labute approximate surface area is 115 Å². The third kappa shape index (κ3) is 5.19. The predicted octanol–water partition coefficient (Wildman–Crippen LogP) is 1.24. The van der Waals surface area contributed by atoms with Crippen LogP contribution in [0.25, 0.3) is 0 Å². The summed E-state index contributed by atoms with van der Waals surface area (Å²) >= 11 is 0. The zero-order valence-corrected chi connectivity index (χ0v) is 12.1. The average molecular weight is 270 g/mol. The van der Waals surface area contributed by atoms with Gasteiger partial charge in [0.15, 0.2) is 0 Å². The van der Waals surface area contributed by atoms with Gasteiger partial charge in [-0.15, -0.1) is 0 Å². The van der Waals surface area contributed by atoms with Gasteiger partial charge in [0.25, 0.3) is 0 Å². The van der Waals surface area contributed by atoms with Gasteiger partial charge >= 0.3 is 5.97 Å². The molecule has 0 aromatic rings. The van der Waals surface area contributed by atoms with Gasteiger partial charge in [0.2, 0.25) is 5.91 Å². The molecular weight excluding hydrogens is 244 g/mol. The lowest BCUT2D eigenvalue weighted by Crippen LogP contribution is -2.41. The van der Waals surface area contributed by atoms with Crippen molar-refractivity contribution in [1.82, 2.24) is 10.6 Å². The molecule has 5 nitrogen and oxygen atoms in total. The second-order valence-corrected chi connectivity index (χ2v) is 5.77. The molecule has 1 heterocycles. The van der Waals surface area contributed by atoms with Crippen molar-refractivity contribution >= 4 is 11.9 Å². The first kappa shape index (κ1) is 16.0. The van der Waals surface area contributed by atoms with E-state index in [2.05, 4.69) is 17.6 Å². The van der Waals surface area contributed by atoms with Crippen molar-refractivity contribution in [1.29, 1.82) is 0 Å². The van der Waals surface area contributed by atoms with Crippen molar-refractivity contribution in [2.75, 3.05) is 13.1 Å². The van der Waals surface area contributed by atoms with Crippen LogP contribution in [-0.2, 0) is 9.59 Å². The summed E-state index contributed by atoms with van der Waals surface area (Å²) in [6.07, 6.45) is 2.81. The van der Waals surface area contributed by atoms with Gasteiger partial charge in [-0.1, -0.05) is 6.92 Å². The van der Waals surface area contributed by atoms with E-state index in [1.807, 2.05) is 0 Å². The number of nitrogens with one attached hydrogen (secondary N) is 2. The molecule has 0 aliphatic carbocycles. The zero-order valence-electron chi connectivity index (χ0n) is 12.1. The molecule has 4 atom stereocenters. The van der Waals surface area contributed by atoms with Crippen LogP contribution >= 0.6 is 0 Å². The van der Waals surface area contributed by atoms with E-state index in [-0.39, 0.29) is 11.9 Å². The summed E-state index contributed by atoms with van der Waals surface area (Å²) < 4.78 is 0. The number of hydrogen-bond donors (Lipinski definition) is 3. The molecule has 5 heteroatoms. The number of carbonyl (C=O) groups excluding carboxylic acids is 1. The number of hydrogen-bond acceptors (Lipinski definition) is 3. The molecule has 1 aliphatic rings. The molecule has 0 aromatic heterocycles. The number of carbonyl (C=O) groups is 2. The molecule has 3 N–H and O–H groups in total. The van der Waals surface area contributed by atoms with Crippen LogP contribution in [-0.4, -0.2) is 36.1 Å². The van der Waals surface area contributed by atoms with Gasteiger partial charge < -0.3 is 15.7 Å². The van der Waals surface area contributed by atoms with Gasteiger partial charge in [-0.25, -0.2) is 0 Å². The van der Waals surface area contributed by atoms with Crippen LogP contribution in [0.4, 0.5) is 0 Å². The van der Waals surface area contributed by atoms with Gasteiger partial charge in [0.05, 0.1) is 5.92 Å². The molecule has 0 radical (unpaired) electrons. The SMILES string of the molecule is CC(CC(=O)NC(C)C(C)C(=O)O)C1CCCNC1. The van der Waals surface area contributed by atoms with E-state index < -0.39 is 11.9 Å². The van der Waals surface area contributed by atoms with Gasteiger partial charge in [0.1, 0.15) is 0 Å². The zero-order chi connectivity index (χ0) is 14.4. The Hall–Kier alpha value is -1.10. The third-order valence-corrected chi connectivity index (χ3v) is 4.18. The highest BCUT2D eigenvalue weighted by atomic mass is 16.4. The summed E-state index contributed by atoms with van der Waals surface area (Å²) in [6, 6.07) is -0.332. The van der Waals surface area contributed by atoms with Crippen molar-refractivity contribution < 1.29 is 14.7 Å². The summed E-state index contributed by atoms with van der Waals surface area (Å²) in [7, 11) is 0. The van der Waals surface area contributed by atoms with Crippen LogP contribution in [0, 0.1) is 17.8 Å². The van der Waals surface area contributed by atoms with E-state index in [9.17, 15) is 9.59 Å². The molecule has 1 fully saturated rings. The number of rotatable bonds is 6. The highest BCUT2D eigenvalue weighted by Crippen LogP contribution is 2.22. The maximum Gasteiger partial charge on any atom is 0.308 e. The van der Waals surface area contributed by atoms with E-state index in [1.165, 1.54) is 12.8 Å². The molecule has 1 amide bonds. The summed E-state index contributed by atoms with van der Waals surface area (Å²) in [5.41, 5.74) is 0. The number of piperidine rings is 1. The predicted molar refractivity (Wildman–Crippen MR) is 73.8 cm³/mol. The van der Waals surface area contributed by atoms with Crippen LogP contribution in [0.3, 0.4) is 0 Å². The normalized spacial score (nSPS) is 24.3. The second kappa shape index (κ2) is 7.48. The Balaban J connectivity index is 2.35. The minimum Gasteiger partial charge on any atom is -0.481 e. The summed E-state index contributed by atoms with van der Waals surface area (Å²) in [5.74, 6) is -0.599. The maximum atomic E-state index is 11.9. The molecule has 1 aliphatic heterocycles. The van der Waals surface area contributed by atoms with Crippen LogP contribution in [0.2, 0.25) is 0 Å². The first-order valence-corrected chi connectivity index (χ1v) is 7.14. The molecule has 1 saturated heterocycles. The van der Waals surface area contributed by atoms with Crippen LogP contribution in [0.5, 0.6) is 0 Å². The van der Waals surface area contributed by atoms with Gasteiger partial charge in [-0.05, 0) is 51.6 Å². The molecule has 0 spiro atoms. The van der Waals surface area contributed by atoms with Crippen molar-refractivity contribution in [2.24, 2.45) is 17.8 Å². The van der Waals surface area contributed by atoms with E-state index >= 15 is 0 Å². The van der Waals surface area contributed by atoms with E-state index in [0.717, 1.165) is 13.1 Å². The number of amides is 1. The summed E-state index contributed by atoms with van der Waals surface area (Å²) in [4.78, 5) is 22.7. The standard InChI is InChI=1S/C14H26N2O3/c1-9(12-5-4-6-15-8-12)7-13(17)16-11(3)10(2)14(18)19/h9-12,15H,4-8H2,1-3H3,(H,16,17)(H,18,19). The molecule has 19 heavy (non-hydrogen) atoms. The maximum absolute atomic E-state index is 11.9. The minimum atomic E-state index is -0.877. The lowest BCUT2D eigenvalue weighted by molar-refractivity contribution is -0.142. The Morgan fingerprint density at radius 1 is 1.37 bits per heavy atom. The molecule has 4 unspecified atom stereocenters. The Morgan fingerprint density at radius 2 is 2.05 bits per heavy atom. The molecule has 0 bridgehead atoms. The van der Waals surface area contributed by atoms with Gasteiger partial charge in [0, 0.05) is 12.5 Å². The van der Waals surface area contributed by atoms with Crippen molar-refractivity contribution in [2.45, 2.75) is 46.1 Å². The highest BCUT2D eigenvalue weighted by molar-refractivity contribution is 5.78. The van der Waals surface area contributed by atoms with Crippen molar-refractivity contribution in [3.05, 3.63) is 0 Å². The Morgan fingerprint density at radius 3 is 2.58 bits per heavy atom. The first-order chi connectivity index (χ1) is 8.91. The smallest absolute Gasteiger partial charge is 0.308 e. The van der Waals surface area contributed by atoms with Crippen molar-refractivity contribution in [3.8, 4) is 0 Å². The van der Waals surface area contributed by atoms with Gasteiger partial charge in [-0.2, -0.15) is 0 Å². The second-order valence-electron chi connectivity index (χ2n) is 5.77. The lowest BCUT2D eigenvalue weighted by Gasteiger charge is -2.28. The largest absolute Gasteiger partial charge is 0.481 e. The molecule has 110 valence electrons. The fourth-order valence-corrected chi connectivity index (χ4v) is 2.48. The fraction of sp³-hybridized carbons (Fsp3) is 0.857. The topological polar surface area (TPSA) is 78.4 Å². The number of aliphatic carboxylic acids is 1. The summed E-state index contributed by atoms with van der Waals surface area (Å²) in [6.45, 7) is 7.51. The molecule has 0 saturated carbocycles. The highest BCUT2D eigenvalue weighted by Gasteiger charge is 2.25. The number of carboxylic acids is 1. The lowest BCUT2D eigenvalue weighted by atomic mass is 9.85. The molecule has 1 rings (SSSR count). The van der Waals surface area contributed by atoms with E-state index in [0.29, 0.717) is 18.3 Å². The monoisotopic (exact) mass is 270 g/mol. The van der Waals surface area contributed by atoms with E-state index in [1.54, 1.807) is 13.8 Å². The third-order valence-electron chi connectivity index (χ3n) is 4.18. The molecular formula is C14H26N2O3. The first-order valence-electron chi connectivity index (χ1n) is 7.14.